The minimum Gasteiger partial charge on any atom is -0.385 e. The van der Waals surface area contributed by atoms with Gasteiger partial charge in [-0.3, -0.25) is 0 Å². The van der Waals surface area contributed by atoms with Crippen molar-refractivity contribution in [2.75, 3.05) is 20.3 Å². The second-order valence-corrected chi connectivity index (χ2v) is 5.04. The van der Waals surface area contributed by atoms with Gasteiger partial charge in [-0.05, 0) is 31.9 Å². The van der Waals surface area contributed by atoms with Crippen LogP contribution in [-0.4, -0.2) is 30.2 Å². The van der Waals surface area contributed by atoms with Crippen LogP contribution in [0, 0.1) is 12.8 Å². The standard InChI is InChI=1S/C14H25N3O/c1-11(2)9-15-10-13-8-12(3)16-14(17-13)6-5-7-18-4/h8,11,15H,5-7,9-10H2,1-4H3. The topological polar surface area (TPSA) is 47.0 Å². The van der Waals surface area contributed by atoms with E-state index in [0.717, 1.165) is 49.8 Å². The van der Waals surface area contributed by atoms with E-state index in [9.17, 15) is 0 Å². The fraction of sp³-hybridized carbons (Fsp3) is 0.714. The number of aryl methyl sites for hydroxylation is 2. The molecular weight excluding hydrogens is 226 g/mol. The van der Waals surface area contributed by atoms with Gasteiger partial charge in [0, 0.05) is 32.4 Å². The maximum absolute atomic E-state index is 5.05. The van der Waals surface area contributed by atoms with Gasteiger partial charge in [-0.1, -0.05) is 13.8 Å². The monoisotopic (exact) mass is 251 g/mol. The molecule has 0 unspecified atom stereocenters. The van der Waals surface area contributed by atoms with Crippen molar-refractivity contribution in [2.24, 2.45) is 5.92 Å². The maximum atomic E-state index is 5.05. The third-order valence-electron chi connectivity index (χ3n) is 2.56. The molecule has 1 N–H and O–H groups in total. The van der Waals surface area contributed by atoms with E-state index in [1.165, 1.54) is 0 Å². The van der Waals surface area contributed by atoms with E-state index in [1.807, 2.05) is 13.0 Å². The Balaban J connectivity index is 2.51. The van der Waals surface area contributed by atoms with Crippen molar-refractivity contribution in [1.82, 2.24) is 15.3 Å². The van der Waals surface area contributed by atoms with Crippen LogP contribution in [0.15, 0.2) is 6.07 Å². The molecule has 0 aliphatic carbocycles. The van der Waals surface area contributed by atoms with Gasteiger partial charge in [-0.25, -0.2) is 9.97 Å². The highest BCUT2D eigenvalue weighted by Crippen LogP contribution is 2.03. The Morgan fingerprint density at radius 3 is 2.78 bits per heavy atom. The lowest BCUT2D eigenvalue weighted by Gasteiger charge is -2.09. The lowest BCUT2D eigenvalue weighted by atomic mass is 10.2. The largest absolute Gasteiger partial charge is 0.385 e. The smallest absolute Gasteiger partial charge is 0.128 e. The van der Waals surface area contributed by atoms with Crippen LogP contribution in [0.25, 0.3) is 0 Å². The average Bonchev–Trinajstić information content (AvgIpc) is 2.28. The van der Waals surface area contributed by atoms with E-state index < -0.39 is 0 Å². The van der Waals surface area contributed by atoms with Crippen LogP contribution >= 0.6 is 0 Å². The molecule has 0 amide bonds. The summed E-state index contributed by atoms with van der Waals surface area (Å²) in [7, 11) is 1.72. The van der Waals surface area contributed by atoms with Gasteiger partial charge < -0.3 is 10.1 Å². The molecular formula is C14H25N3O. The molecule has 0 radical (unpaired) electrons. The van der Waals surface area contributed by atoms with Crippen LogP contribution < -0.4 is 5.32 Å². The first-order valence-electron chi connectivity index (χ1n) is 6.65. The van der Waals surface area contributed by atoms with Gasteiger partial charge in [0.05, 0.1) is 5.69 Å². The molecule has 0 saturated carbocycles. The van der Waals surface area contributed by atoms with Gasteiger partial charge in [-0.2, -0.15) is 0 Å². The third-order valence-corrected chi connectivity index (χ3v) is 2.56. The summed E-state index contributed by atoms with van der Waals surface area (Å²) in [6.45, 7) is 9.02. The number of nitrogens with one attached hydrogen (secondary N) is 1. The molecule has 0 spiro atoms. The Hall–Kier alpha value is -1.00. The predicted octanol–water partition coefficient (Wildman–Crippen LogP) is 2.11. The molecule has 0 aliphatic rings. The molecule has 0 bridgehead atoms. The molecule has 0 fully saturated rings. The lowest BCUT2D eigenvalue weighted by molar-refractivity contribution is 0.194. The van der Waals surface area contributed by atoms with Gasteiger partial charge in [0.15, 0.2) is 0 Å². The van der Waals surface area contributed by atoms with Crippen molar-refractivity contribution >= 4 is 0 Å². The van der Waals surface area contributed by atoms with E-state index in [-0.39, 0.29) is 0 Å². The summed E-state index contributed by atoms with van der Waals surface area (Å²) in [5.41, 5.74) is 2.12. The van der Waals surface area contributed by atoms with Gasteiger partial charge in [0.2, 0.25) is 0 Å². The van der Waals surface area contributed by atoms with E-state index >= 15 is 0 Å². The summed E-state index contributed by atoms with van der Waals surface area (Å²) >= 11 is 0. The molecule has 0 saturated heterocycles. The first-order valence-corrected chi connectivity index (χ1v) is 6.65. The fourth-order valence-corrected chi connectivity index (χ4v) is 1.77. The molecule has 1 aromatic rings. The van der Waals surface area contributed by atoms with Crippen molar-refractivity contribution in [3.63, 3.8) is 0 Å². The molecule has 4 heteroatoms. The van der Waals surface area contributed by atoms with E-state index in [2.05, 4.69) is 29.1 Å². The molecule has 0 aliphatic heterocycles. The highest BCUT2D eigenvalue weighted by atomic mass is 16.5. The molecule has 0 aromatic carbocycles. The number of hydrogen-bond donors (Lipinski definition) is 1. The third kappa shape index (κ3) is 6.07. The van der Waals surface area contributed by atoms with Crippen molar-refractivity contribution in [3.05, 3.63) is 23.3 Å². The normalized spacial score (nSPS) is 11.2. The molecule has 1 rings (SSSR count). The molecule has 0 atom stereocenters. The molecule has 4 nitrogen and oxygen atoms in total. The summed E-state index contributed by atoms with van der Waals surface area (Å²) in [5, 5.41) is 3.41. The summed E-state index contributed by atoms with van der Waals surface area (Å²) in [5.74, 6) is 1.59. The summed E-state index contributed by atoms with van der Waals surface area (Å²) in [4.78, 5) is 9.03. The lowest BCUT2D eigenvalue weighted by Crippen LogP contribution is -2.20. The zero-order valence-electron chi connectivity index (χ0n) is 12.0. The molecule has 102 valence electrons. The van der Waals surface area contributed by atoms with Gasteiger partial charge in [0.25, 0.3) is 0 Å². The number of hydrogen-bond acceptors (Lipinski definition) is 4. The average molecular weight is 251 g/mol. The second kappa shape index (κ2) is 8.16. The molecule has 18 heavy (non-hydrogen) atoms. The number of nitrogens with zero attached hydrogens (tertiary/aromatic N) is 2. The fourth-order valence-electron chi connectivity index (χ4n) is 1.77. The van der Waals surface area contributed by atoms with Gasteiger partial charge >= 0.3 is 0 Å². The van der Waals surface area contributed by atoms with Crippen molar-refractivity contribution in [3.8, 4) is 0 Å². The summed E-state index contributed by atoms with van der Waals surface area (Å²) in [6.07, 6.45) is 1.85. The Morgan fingerprint density at radius 2 is 2.11 bits per heavy atom. The van der Waals surface area contributed by atoms with Crippen LogP contribution in [0.5, 0.6) is 0 Å². The molecule has 1 heterocycles. The SMILES string of the molecule is COCCCc1nc(C)cc(CNCC(C)C)n1. The van der Waals surface area contributed by atoms with Crippen LogP contribution in [0.2, 0.25) is 0 Å². The maximum Gasteiger partial charge on any atom is 0.128 e. The Kier molecular flexibility index (Phi) is 6.83. The number of methoxy groups -OCH3 is 1. The van der Waals surface area contributed by atoms with Crippen LogP contribution in [0.1, 0.15) is 37.5 Å². The van der Waals surface area contributed by atoms with Crippen LogP contribution in [0.4, 0.5) is 0 Å². The molecule has 1 aromatic heterocycles. The number of rotatable bonds is 8. The Morgan fingerprint density at radius 1 is 1.33 bits per heavy atom. The first kappa shape index (κ1) is 15.1. The zero-order chi connectivity index (χ0) is 13.4. The zero-order valence-corrected chi connectivity index (χ0v) is 12.0. The predicted molar refractivity (Wildman–Crippen MR) is 73.5 cm³/mol. The second-order valence-electron chi connectivity index (χ2n) is 5.04. The van der Waals surface area contributed by atoms with Crippen molar-refractivity contribution in [2.45, 2.75) is 40.2 Å². The highest BCUT2D eigenvalue weighted by Gasteiger charge is 2.03. The summed E-state index contributed by atoms with van der Waals surface area (Å²) < 4.78 is 5.05. The quantitative estimate of drug-likeness (QED) is 0.719. The minimum atomic E-state index is 0.661. The van der Waals surface area contributed by atoms with E-state index in [4.69, 9.17) is 4.74 Å². The highest BCUT2D eigenvalue weighted by molar-refractivity contribution is 5.10. The van der Waals surface area contributed by atoms with Gasteiger partial charge in [-0.15, -0.1) is 0 Å². The van der Waals surface area contributed by atoms with Crippen LogP contribution in [0.3, 0.4) is 0 Å². The van der Waals surface area contributed by atoms with Crippen molar-refractivity contribution in [1.29, 1.82) is 0 Å². The Bertz CT molecular complexity index is 353. The summed E-state index contributed by atoms with van der Waals surface area (Å²) in [6, 6.07) is 2.05. The van der Waals surface area contributed by atoms with E-state index in [0.29, 0.717) is 5.92 Å². The minimum absolute atomic E-state index is 0.661. The number of aromatic nitrogens is 2. The number of ether oxygens (including phenoxy) is 1. The first-order chi connectivity index (χ1) is 8.61. The van der Waals surface area contributed by atoms with Gasteiger partial charge in [0.1, 0.15) is 5.82 Å². The Labute approximate surface area is 110 Å². The van der Waals surface area contributed by atoms with Crippen LogP contribution in [-0.2, 0) is 17.7 Å². The van der Waals surface area contributed by atoms with Crippen molar-refractivity contribution < 1.29 is 4.74 Å². The van der Waals surface area contributed by atoms with E-state index in [1.54, 1.807) is 7.11 Å².